The van der Waals surface area contributed by atoms with Gasteiger partial charge in [0.2, 0.25) is 5.91 Å². The standard InChI is InChI=1S/C20H23ClN2O2/c1-25-14-20(24)23-11-9-16(10-12-23)19-4-2-3-18(22-19)13-15-5-7-17(21)8-6-15/h2-8,16H,9-14H2,1H3. The number of carbonyl (C=O) groups excluding carboxylic acids is 1. The fourth-order valence-electron chi connectivity index (χ4n) is 3.27. The second kappa shape index (κ2) is 8.45. The summed E-state index contributed by atoms with van der Waals surface area (Å²) in [5, 5.41) is 0.750. The highest BCUT2D eigenvalue weighted by atomic mass is 35.5. The lowest BCUT2D eigenvalue weighted by Gasteiger charge is -2.31. The Bertz CT molecular complexity index is 710. The van der Waals surface area contributed by atoms with Crippen LogP contribution >= 0.6 is 11.6 Å². The summed E-state index contributed by atoms with van der Waals surface area (Å²) < 4.78 is 4.94. The Morgan fingerprint density at radius 1 is 1.20 bits per heavy atom. The fourth-order valence-corrected chi connectivity index (χ4v) is 3.40. The monoisotopic (exact) mass is 358 g/mol. The number of methoxy groups -OCH3 is 1. The van der Waals surface area contributed by atoms with Crippen molar-refractivity contribution in [3.63, 3.8) is 0 Å². The van der Waals surface area contributed by atoms with Crippen molar-refractivity contribution in [1.82, 2.24) is 9.88 Å². The quantitative estimate of drug-likeness (QED) is 0.818. The van der Waals surface area contributed by atoms with Crippen LogP contribution in [-0.4, -0.2) is 42.6 Å². The normalized spacial score (nSPS) is 15.4. The maximum atomic E-state index is 11.9. The molecule has 0 radical (unpaired) electrons. The maximum Gasteiger partial charge on any atom is 0.248 e. The van der Waals surface area contributed by atoms with Gasteiger partial charge in [-0.3, -0.25) is 9.78 Å². The zero-order valence-electron chi connectivity index (χ0n) is 14.5. The minimum atomic E-state index is 0.0744. The molecule has 1 amide bonds. The van der Waals surface area contributed by atoms with Crippen molar-refractivity contribution in [2.75, 3.05) is 26.8 Å². The molecule has 0 unspecified atom stereocenters. The number of piperidine rings is 1. The van der Waals surface area contributed by atoms with E-state index >= 15 is 0 Å². The average molecular weight is 359 g/mol. The highest BCUT2D eigenvalue weighted by Gasteiger charge is 2.24. The van der Waals surface area contributed by atoms with Crippen molar-refractivity contribution < 1.29 is 9.53 Å². The Balaban J connectivity index is 1.62. The molecule has 1 aromatic heterocycles. The third-order valence-corrected chi connectivity index (χ3v) is 4.91. The van der Waals surface area contributed by atoms with Gasteiger partial charge in [0.1, 0.15) is 6.61 Å². The first-order valence-corrected chi connectivity index (χ1v) is 9.00. The second-order valence-electron chi connectivity index (χ2n) is 6.45. The molecule has 1 aromatic carbocycles. The molecular formula is C20H23ClN2O2. The zero-order valence-corrected chi connectivity index (χ0v) is 15.2. The van der Waals surface area contributed by atoms with Crippen LogP contribution in [0.15, 0.2) is 42.5 Å². The van der Waals surface area contributed by atoms with E-state index in [-0.39, 0.29) is 12.5 Å². The molecule has 2 heterocycles. The van der Waals surface area contributed by atoms with E-state index in [0.29, 0.717) is 5.92 Å². The fraction of sp³-hybridized carbons (Fsp3) is 0.400. The number of hydrogen-bond acceptors (Lipinski definition) is 3. The Morgan fingerprint density at radius 3 is 2.60 bits per heavy atom. The first-order chi connectivity index (χ1) is 12.2. The van der Waals surface area contributed by atoms with Crippen molar-refractivity contribution in [3.05, 3.63) is 64.4 Å². The number of likely N-dealkylation sites (tertiary alicyclic amines) is 1. The van der Waals surface area contributed by atoms with Gasteiger partial charge >= 0.3 is 0 Å². The maximum absolute atomic E-state index is 11.9. The van der Waals surface area contributed by atoms with E-state index in [0.717, 1.165) is 48.8 Å². The smallest absolute Gasteiger partial charge is 0.248 e. The van der Waals surface area contributed by atoms with Crippen molar-refractivity contribution in [3.8, 4) is 0 Å². The van der Waals surface area contributed by atoms with Crippen LogP contribution in [0.2, 0.25) is 5.02 Å². The molecule has 0 aliphatic carbocycles. The molecule has 25 heavy (non-hydrogen) atoms. The van der Waals surface area contributed by atoms with Crippen molar-refractivity contribution >= 4 is 17.5 Å². The number of rotatable bonds is 5. The van der Waals surface area contributed by atoms with Gasteiger partial charge < -0.3 is 9.64 Å². The lowest BCUT2D eigenvalue weighted by molar-refractivity contribution is -0.136. The van der Waals surface area contributed by atoms with Crippen LogP contribution in [-0.2, 0) is 16.0 Å². The van der Waals surface area contributed by atoms with Gasteiger partial charge in [-0.05, 0) is 42.7 Å². The molecule has 0 bridgehead atoms. The molecule has 0 spiro atoms. The minimum Gasteiger partial charge on any atom is -0.375 e. The number of amides is 1. The van der Waals surface area contributed by atoms with Crippen molar-refractivity contribution in [1.29, 1.82) is 0 Å². The van der Waals surface area contributed by atoms with Gasteiger partial charge in [0.15, 0.2) is 0 Å². The van der Waals surface area contributed by atoms with Crippen molar-refractivity contribution in [2.45, 2.75) is 25.2 Å². The van der Waals surface area contributed by atoms with Gasteiger partial charge in [-0.1, -0.05) is 29.8 Å². The third kappa shape index (κ3) is 4.80. The van der Waals surface area contributed by atoms with E-state index in [1.807, 2.05) is 29.2 Å². The first-order valence-electron chi connectivity index (χ1n) is 8.62. The number of halogens is 1. The molecule has 1 saturated heterocycles. The van der Waals surface area contributed by atoms with Crippen LogP contribution in [0.25, 0.3) is 0 Å². The summed E-state index contributed by atoms with van der Waals surface area (Å²) in [6, 6.07) is 14.1. The molecule has 1 aliphatic heterocycles. The number of aromatic nitrogens is 1. The number of benzene rings is 1. The highest BCUT2D eigenvalue weighted by molar-refractivity contribution is 6.30. The molecule has 2 aromatic rings. The Morgan fingerprint density at radius 2 is 1.92 bits per heavy atom. The summed E-state index contributed by atoms with van der Waals surface area (Å²) in [4.78, 5) is 18.6. The van der Waals surface area contributed by atoms with Gasteiger partial charge in [0.05, 0.1) is 0 Å². The van der Waals surface area contributed by atoms with E-state index in [9.17, 15) is 4.79 Å². The summed E-state index contributed by atoms with van der Waals surface area (Å²) in [6.45, 7) is 1.71. The summed E-state index contributed by atoms with van der Waals surface area (Å²) in [6.07, 6.45) is 2.70. The van der Waals surface area contributed by atoms with Crippen LogP contribution in [0.1, 0.15) is 35.7 Å². The van der Waals surface area contributed by atoms with Crippen LogP contribution in [0.3, 0.4) is 0 Å². The summed E-state index contributed by atoms with van der Waals surface area (Å²) in [5.74, 6) is 0.488. The molecule has 3 rings (SSSR count). The number of ether oxygens (including phenoxy) is 1. The molecule has 1 aliphatic rings. The Kier molecular flexibility index (Phi) is 6.05. The van der Waals surface area contributed by atoms with Gasteiger partial charge in [-0.2, -0.15) is 0 Å². The predicted octanol–water partition coefficient (Wildman–Crippen LogP) is 3.68. The predicted molar refractivity (Wildman–Crippen MR) is 98.9 cm³/mol. The number of pyridine rings is 1. The van der Waals surface area contributed by atoms with E-state index < -0.39 is 0 Å². The van der Waals surface area contributed by atoms with Gasteiger partial charge in [-0.15, -0.1) is 0 Å². The summed E-state index contributed by atoms with van der Waals surface area (Å²) in [7, 11) is 1.56. The number of nitrogens with zero attached hydrogens (tertiary/aromatic N) is 2. The van der Waals surface area contributed by atoms with E-state index in [4.69, 9.17) is 21.3 Å². The Labute approximate surface area is 153 Å². The average Bonchev–Trinajstić information content (AvgIpc) is 2.64. The molecular weight excluding hydrogens is 336 g/mol. The van der Waals surface area contributed by atoms with E-state index in [1.165, 1.54) is 5.56 Å². The lowest BCUT2D eigenvalue weighted by atomic mass is 9.92. The molecule has 0 saturated carbocycles. The van der Waals surface area contributed by atoms with Gasteiger partial charge in [0.25, 0.3) is 0 Å². The number of carbonyl (C=O) groups is 1. The highest BCUT2D eigenvalue weighted by Crippen LogP contribution is 2.27. The Hall–Kier alpha value is -1.91. The third-order valence-electron chi connectivity index (χ3n) is 4.66. The summed E-state index contributed by atoms with van der Waals surface area (Å²) in [5.41, 5.74) is 3.40. The van der Waals surface area contributed by atoms with Crippen LogP contribution < -0.4 is 0 Å². The molecule has 5 heteroatoms. The van der Waals surface area contributed by atoms with Crippen LogP contribution in [0.5, 0.6) is 0 Å². The lowest BCUT2D eigenvalue weighted by Crippen LogP contribution is -2.39. The summed E-state index contributed by atoms with van der Waals surface area (Å²) >= 11 is 5.94. The van der Waals surface area contributed by atoms with E-state index in [2.05, 4.69) is 18.2 Å². The van der Waals surface area contributed by atoms with E-state index in [1.54, 1.807) is 7.11 Å². The van der Waals surface area contributed by atoms with Crippen LogP contribution in [0.4, 0.5) is 0 Å². The SMILES string of the molecule is COCC(=O)N1CCC(c2cccc(Cc3ccc(Cl)cc3)n2)CC1. The molecule has 0 N–H and O–H groups in total. The van der Waals surface area contributed by atoms with Crippen molar-refractivity contribution in [2.24, 2.45) is 0 Å². The topological polar surface area (TPSA) is 42.4 Å². The first kappa shape index (κ1) is 17.9. The van der Waals surface area contributed by atoms with Gasteiger partial charge in [0, 0.05) is 48.9 Å². The largest absolute Gasteiger partial charge is 0.375 e. The second-order valence-corrected chi connectivity index (χ2v) is 6.88. The molecule has 1 fully saturated rings. The molecule has 132 valence electrons. The molecule has 0 atom stereocenters. The number of hydrogen-bond donors (Lipinski definition) is 0. The van der Waals surface area contributed by atoms with Crippen LogP contribution in [0, 0.1) is 0 Å². The molecule has 4 nitrogen and oxygen atoms in total. The zero-order chi connectivity index (χ0) is 17.6. The van der Waals surface area contributed by atoms with Gasteiger partial charge in [-0.25, -0.2) is 0 Å². The minimum absolute atomic E-state index is 0.0744.